The minimum Gasteiger partial charge on any atom is -0.478 e. The number of hydrogen-bond donors (Lipinski definition) is 2. The zero-order valence-electron chi connectivity index (χ0n) is 6.33. The molecule has 0 bridgehead atoms. The smallest absolute Gasteiger partial charge is 0.328 e. The first kappa shape index (κ1) is 9.68. The fourth-order valence-corrected chi connectivity index (χ4v) is 0.685. The van der Waals surface area contributed by atoms with Gasteiger partial charge in [0, 0.05) is 11.6 Å². The number of carboxylic acids is 1. The molecular formula is C7H11NO3. The summed E-state index contributed by atoms with van der Waals surface area (Å²) < 4.78 is 0. The molecule has 0 aromatic heterocycles. The highest BCUT2D eigenvalue weighted by Gasteiger charge is 2.04. The summed E-state index contributed by atoms with van der Waals surface area (Å²) in [6.07, 6.45) is 1.98. The predicted octanol–water partition coefficient (Wildman–Crippen LogP) is 0.283. The third kappa shape index (κ3) is 4.13. The van der Waals surface area contributed by atoms with Crippen molar-refractivity contribution in [2.24, 2.45) is 5.73 Å². The molecule has 62 valence electrons. The molecule has 0 aromatic rings. The maximum absolute atomic E-state index is 10.5. The SMILES string of the molecule is CCCC(=CC(=O)O)C(N)=O. The van der Waals surface area contributed by atoms with Crippen molar-refractivity contribution in [2.75, 3.05) is 0 Å². The van der Waals surface area contributed by atoms with Crippen molar-refractivity contribution in [1.29, 1.82) is 0 Å². The maximum Gasteiger partial charge on any atom is 0.328 e. The van der Waals surface area contributed by atoms with Gasteiger partial charge in [-0.2, -0.15) is 0 Å². The van der Waals surface area contributed by atoms with E-state index >= 15 is 0 Å². The van der Waals surface area contributed by atoms with Gasteiger partial charge in [0.1, 0.15) is 0 Å². The first-order valence-corrected chi connectivity index (χ1v) is 3.31. The van der Waals surface area contributed by atoms with Crippen LogP contribution in [-0.4, -0.2) is 17.0 Å². The number of carbonyl (C=O) groups excluding carboxylic acids is 1. The van der Waals surface area contributed by atoms with E-state index in [1.807, 2.05) is 6.92 Å². The van der Waals surface area contributed by atoms with Gasteiger partial charge in [0.05, 0.1) is 0 Å². The Labute approximate surface area is 64.7 Å². The van der Waals surface area contributed by atoms with Gasteiger partial charge in [-0.05, 0) is 6.42 Å². The molecule has 3 N–H and O–H groups in total. The molecule has 0 saturated heterocycles. The molecule has 0 atom stereocenters. The average molecular weight is 157 g/mol. The Hall–Kier alpha value is -1.32. The van der Waals surface area contributed by atoms with Crippen LogP contribution in [0.2, 0.25) is 0 Å². The van der Waals surface area contributed by atoms with Crippen LogP contribution in [0, 0.1) is 0 Å². The quantitative estimate of drug-likeness (QED) is 0.575. The summed E-state index contributed by atoms with van der Waals surface area (Å²) in [6, 6.07) is 0. The van der Waals surface area contributed by atoms with E-state index in [1.54, 1.807) is 0 Å². The molecule has 1 amide bonds. The second kappa shape index (κ2) is 4.49. The van der Waals surface area contributed by atoms with Crippen LogP contribution in [0.4, 0.5) is 0 Å². The highest BCUT2D eigenvalue weighted by atomic mass is 16.4. The Morgan fingerprint density at radius 3 is 2.36 bits per heavy atom. The largest absolute Gasteiger partial charge is 0.478 e. The summed E-state index contributed by atoms with van der Waals surface area (Å²) in [5.74, 6) is -1.79. The average Bonchev–Trinajstić information content (AvgIpc) is 1.86. The van der Waals surface area contributed by atoms with Crippen LogP contribution in [0.5, 0.6) is 0 Å². The van der Waals surface area contributed by atoms with E-state index in [1.165, 1.54) is 0 Å². The number of carboxylic acid groups (broad SMARTS) is 1. The molecule has 0 heterocycles. The third-order valence-corrected chi connectivity index (χ3v) is 1.13. The van der Waals surface area contributed by atoms with Crippen molar-refractivity contribution >= 4 is 11.9 Å². The molecule has 0 saturated carbocycles. The van der Waals surface area contributed by atoms with Crippen LogP contribution < -0.4 is 5.73 Å². The second-order valence-electron chi connectivity index (χ2n) is 2.12. The van der Waals surface area contributed by atoms with Gasteiger partial charge in [-0.15, -0.1) is 0 Å². The summed E-state index contributed by atoms with van der Waals surface area (Å²) in [7, 11) is 0. The molecule has 0 aromatic carbocycles. The van der Waals surface area contributed by atoms with Crippen LogP contribution in [0.25, 0.3) is 0 Å². The lowest BCUT2D eigenvalue weighted by Gasteiger charge is -1.97. The molecule has 0 fully saturated rings. The minimum atomic E-state index is -1.13. The van der Waals surface area contributed by atoms with Crippen LogP contribution in [0.1, 0.15) is 19.8 Å². The molecule has 0 aliphatic heterocycles. The van der Waals surface area contributed by atoms with E-state index in [2.05, 4.69) is 0 Å². The number of primary amides is 1. The lowest BCUT2D eigenvalue weighted by Crippen LogP contribution is -2.15. The fraction of sp³-hybridized carbons (Fsp3) is 0.429. The summed E-state index contributed by atoms with van der Waals surface area (Å²) in [4.78, 5) is 20.6. The van der Waals surface area contributed by atoms with Gasteiger partial charge < -0.3 is 10.8 Å². The Kier molecular flexibility index (Phi) is 3.95. The lowest BCUT2D eigenvalue weighted by atomic mass is 10.1. The lowest BCUT2D eigenvalue weighted by molar-refractivity contribution is -0.131. The minimum absolute atomic E-state index is 0.167. The molecule has 0 aliphatic carbocycles. The molecule has 4 nitrogen and oxygen atoms in total. The topological polar surface area (TPSA) is 80.4 Å². The third-order valence-electron chi connectivity index (χ3n) is 1.13. The normalized spacial score (nSPS) is 11.2. The second-order valence-corrected chi connectivity index (χ2v) is 2.12. The molecule has 4 heteroatoms. The number of rotatable bonds is 4. The Balaban J connectivity index is 4.32. The van der Waals surface area contributed by atoms with Crippen LogP contribution in [0.15, 0.2) is 11.6 Å². The zero-order valence-corrected chi connectivity index (χ0v) is 6.33. The van der Waals surface area contributed by atoms with Crippen LogP contribution in [-0.2, 0) is 9.59 Å². The molecule has 0 rings (SSSR count). The monoisotopic (exact) mass is 157 g/mol. The van der Waals surface area contributed by atoms with Crippen molar-refractivity contribution in [2.45, 2.75) is 19.8 Å². The van der Waals surface area contributed by atoms with E-state index in [4.69, 9.17) is 10.8 Å². The van der Waals surface area contributed by atoms with Crippen molar-refractivity contribution in [1.82, 2.24) is 0 Å². The highest BCUT2D eigenvalue weighted by molar-refractivity contribution is 5.97. The van der Waals surface area contributed by atoms with Crippen molar-refractivity contribution in [3.8, 4) is 0 Å². The maximum atomic E-state index is 10.5. The molecule has 11 heavy (non-hydrogen) atoms. The van der Waals surface area contributed by atoms with Crippen molar-refractivity contribution in [3.63, 3.8) is 0 Å². The molecular weight excluding hydrogens is 146 g/mol. The molecule has 0 unspecified atom stereocenters. The van der Waals surface area contributed by atoms with Crippen molar-refractivity contribution < 1.29 is 14.7 Å². The van der Waals surface area contributed by atoms with E-state index in [0.29, 0.717) is 12.8 Å². The van der Waals surface area contributed by atoms with Gasteiger partial charge in [0.15, 0.2) is 0 Å². The summed E-state index contributed by atoms with van der Waals surface area (Å²) >= 11 is 0. The van der Waals surface area contributed by atoms with E-state index in [-0.39, 0.29) is 5.57 Å². The summed E-state index contributed by atoms with van der Waals surface area (Å²) in [5.41, 5.74) is 5.07. The number of amides is 1. The molecule has 0 radical (unpaired) electrons. The Bertz CT molecular complexity index is 196. The highest BCUT2D eigenvalue weighted by Crippen LogP contribution is 2.02. The van der Waals surface area contributed by atoms with Crippen molar-refractivity contribution in [3.05, 3.63) is 11.6 Å². The summed E-state index contributed by atoms with van der Waals surface area (Å²) in [6.45, 7) is 1.85. The van der Waals surface area contributed by atoms with E-state index in [0.717, 1.165) is 6.08 Å². The van der Waals surface area contributed by atoms with E-state index in [9.17, 15) is 9.59 Å². The van der Waals surface area contributed by atoms with Crippen LogP contribution >= 0.6 is 0 Å². The molecule has 0 spiro atoms. The van der Waals surface area contributed by atoms with Gasteiger partial charge in [-0.1, -0.05) is 13.3 Å². The van der Waals surface area contributed by atoms with Gasteiger partial charge in [0.2, 0.25) is 5.91 Å². The zero-order chi connectivity index (χ0) is 8.85. The van der Waals surface area contributed by atoms with Gasteiger partial charge in [0.25, 0.3) is 0 Å². The standard InChI is InChI=1S/C7H11NO3/c1-2-3-5(7(8)11)4-6(9)10/h4H,2-3H2,1H3,(H2,8,11)(H,9,10). The first-order chi connectivity index (χ1) is 5.07. The number of hydrogen-bond acceptors (Lipinski definition) is 2. The molecule has 0 aliphatic rings. The summed E-state index contributed by atoms with van der Waals surface area (Å²) in [5, 5.41) is 8.28. The number of nitrogens with two attached hydrogens (primary N) is 1. The Morgan fingerprint density at radius 1 is 1.55 bits per heavy atom. The van der Waals surface area contributed by atoms with Gasteiger partial charge in [-0.25, -0.2) is 4.79 Å². The van der Waals surface area contributed by atoms with Gasteiger partial charge >= 0.3 is 5.97 Å². The van der Waals surface area contributed by atoms with Crippen LogP contribution in [0.3, 0.4) is 0 Å². The first-order valence-electron chi connectivity index (χ1n) is 3.31. The predicted molar refractivity (Wildman–Crippen MR) is 39.8 cm³/mol. The number of carbonyl (C=O) groups is 2. The van der Waals surface area contributed by atoms with Gasteiger partial charge in [-0.3, -0.25) is 4.79 Å². The fourth-order valence-electron chi connectivity index (χ4n) is 0.685. The van der Waals surface area contributed by atoms with E-state index < -0.39 is 11.9 Å². The Morgan fingerprint density at radius 2 is 2.09 bits per heavy atom. The number of aliphatic carboxylic acids is 1.